The third-order valence-corrected chi connectivity index (χ3v) is 6.59. The molecule has 0 radical (unpaired) electrons. The molecule has 1 aliphatic heterocycles. The second-order valence-electron chi connectivity index (χ2n) is 7.33. The first kappa shape index (κ1) is 21.7. The normalized spacial score (nSPS) is 12.8. The number of sulfone groups is 1. The van der Waals surface area contributed by atoms with E-state index in [0.29, 0.717) is 41.9 Å². The number of hydrogen-bond acceptors (Lipinski definition) is 6. The number of fused-ring (bicyclic) bond motifs is 1. The number of anilines is 1. The lowest BCUT2D eigenvalue weighted by atomic mass is 10.2. The van der Waals surface area contributed by atoms with Crippen molar-refractivity contribution in [1.82, 2.24) is 0 Å². The molecule has 7 nitrogen and oxygen atoms in total. The van der Waals surface area contributed by atoms with Crippen molar-refractivity contribution < 1.29 is 27.4 Å². The predicted octanol–water partition coefficient (Wildman–Crippen LogP) is 4.36. The Morgan fingerprint density at radius 2 is 1.69 bits per heavy atom. The number of rotatable bonds is 7. The van der Waals surface area contributed by atoms with Crippen molar-refractivity contribution in [3.05, 3.63) is 72.3 Å². The number of ether oxygens (including phenoxy) is 3. The lowest BCUT2D eigenvalue weighted by Gasteiger charge is -2.18. The van der Waals surface area contributed by atoms with Gasteiger partial charge in [-0.15, -0.1) is 0 Å². The summed E-state index contributed by atoms with van der Waals surface area (Å²) in [7, 11) is -3.67. The van der Waals surface area contributed by atoms with Crippen molar-refractivity contribution in [1.29, 1.82) is 0 Å². The summed E-state index contributed by atoms with van der Waals surface area (Å²) >= 11 is 0. The van der Waals surface area contributed by atoms with Crippen molar-refractivity contribution in [2.45, 2.75) is 18.2 Å². The maximum Gasteiger partial charge on any atom is 0.225 e. The van der Waals surface area contributed by atoms with E-state index in [1.807, 2.05) is 31.2 Å². The highest BCUT2D eigenvalue weighted by molar-refractivity contribution is 7.91. The molecule has 3 aromatic carbocycles. The molecule has 8 heteroatoms. The maximum absolute atomic E-state index is 12.7. The van der Waals surface area contributed by atoms with Crippen LogP contribution in [0.25, 0.3) is 0 Å². The van der Waals surface area contributed by atoms with Crippen LogP contribution in [0.15, 0.2) is 71.6 Å². The topological polar surface area (TPSA) is 90.9 Å². The zero-order chi connectivity index (χ0) is 22.6. The van der Waals surface area contributed by atoms with Crippen molar-refractivity contribution in [3.63, 3.8) is 0 Å². The molecule has 1 aliphatic rings. The fourth-order valence-corrected chi connectivity index (χ4v) is 4.42. The highest BCUT2D eigenvalue weighted by Gasteiger charge is 2.21. The summed E-state index contributed by atoms with van der Waals surface area (Å²) in [6.45, 7) is 2.77. The van der Waals surface area contributed by atoms with E-state index in [1.165, 1.54) is 12.1 Å². The van der Waals surface area contributed by atoms with Gasteiger partial charge < -0.3 is 19.5 Å². The van der Waals surface area contributed by atoms with Gasteiger partial charge in [0.05, 0.1) is 16.3 Å². The van der Waals surface area contributed by atoms with E-state index >= 15 is 0 Å². The van der Waals surface area contributed by atoms with Crippen LogP contribution in [0.4, 0.5) is 5.69 Å². The zero-order valence-electron chi connectivity index (χ0n) is 17.5. The Balaban J connectivity index is 1.40. The second-order valence-corrected chi connectivity index (χ2v) is 9.44. The fourth-order valence-electron chi connectivity index (χ4n) is 3.17. The van der Waals surface area contributed by atoms with Crippen LogP contribution in [0, 0.1) is 6.92 Å². The molecule has 1 heterocycles. The summed E-state index contributed by atoms with van der Waals surface area (Å²) in [5, 5.41) is 2.74. The van der Waals surface area contributed by atoms with Gasteiger partial charge in [-0.3, -0.25) is 4.79 Å². The Hall–Kier alpha value is -3.52. The molecule has 166 valence electrons. The van der Waals surface area contributed by atoms with Crippen LogP contribution in [0.3, 0.4) is 0 Å². The number of nitrogens with one attached hydrogen (secondary N) is 1. The summed E-state index contributed by atoms with van der Waals surface area (Å²) in [6.07, 6.45) is -0.199. The molecule has 0 saturated heterocycles. The van der Waals surface area contributed by atoms with Crippen LogP contribution < -0.4 is 19.5 Å². The van der Waals surface area contributed by atoms with Crippen LogP contribution >= 0.6 is 0 Å². The summed E-state index contributed by atoms with van der Waals surface area (Å²) in [5.41, 5.74) is 1.58. The highest BCUT2D eigenvalue weighted by atomic mass is 32.2. The monoisotopic (exact) mass is 453 g/mol. The molecule has 1 amide bonds. The Bertz CT molecular complexity index is 1220. The number of aryl methyl sites for hydroxylation is 1. The standard InChI is InChI=1S/C24H23NO6S/c1-17-6-8-18(9-7-17)31-21-5-3-2-4-20(21)25-24(26)12-15-32(27,28)19-10-11-22-23(16-19)30-14-13-29-22/h2-11,16H,12-15H2,1H3,(H,25,26). The third-order valence-electron chi connectivity index (χ3n) is 4.88. The molecule has 0 bridgehead atoms. The van der Waals surface area contributed by atoms with Gasteiger partial charge in [0, 0.05) is 12.5 Å². The molecule has 0 aromatic heterocycles. The van der Waals surface area contributed by atoms with E-state index in [4.69, 9.17) is 14.2 Å². The molecule has 0 fully saturated rings. The number of hydrogen-bond donors (Lipinski definition) is 1. The lowest BCUT2D eigenvalue weighted by molar-refractivity contribution is -0.115. The Labute approximate surface area is 186 Å². The minimum absolute atomic E-state index is 0.0951. The van der Waals surface area contributed by atoms with E-state index in [0.717, 1.165) is 5.56 Å². The molecule has 0 spiro atoms. The van der Waals surface area contributed by atoms with Crippen molar-refractivity contribution in [2.75, 3.05) is 24.3 Å². The predicted molar refractivity (Wildman–Crippen MR) is 120 cm³/mol. The van der Waals surface area contributed by atoms with Gasteiger partial charge in [0.2, 0.25) is 5.91 Å². The van der Waals surface area contributed by atoms with Crippen LogP contribution in [0.1, 0.15) is 12.0 Å². The maximum atomic E-state index is 12.7. The van der Waals surface area contributed by atoms with E-state index in [-0.39, 0.29) is 17.1 Å². The van der Waals surface area contributed by atoms with E-state index < -0.39 is 15.7 Å². The SMILES string of the molecule is Cc1ccc(Oc2ccccc2NC(=O)CCS(=O)(=O)c2ccc3c(c2)OCCO3)cc1. The fraction of sp³-hybridized carbons (Fsp3) is 0.208. The lowest BCUT2D eigenvalue weighted by Crippen LogP contribution is -2.19. The number of carbonyl (C=O) groups is 1. The van der Waals surface area contributed by atoms with E-state index in [9.17, 15) is 13.2 Å². The van der Waals surface area contributed by atoms with Crippen LogP contribution in [-0.4, -0.2) is 33.3 Å². The Morgan fingerprint density at radius 1 is 0.969 bits per heavy atom. The molecule has 32 heavy (non-hydrogen) atoms. The first-order valence-corrected chi connectivity index (χ1v) is 11.8. The summed E-state index contributed by atoms with van der Waals surface area (Å²) in [5.74, 6) is 1.26. The van der Waals surface area contributed by atoms with Crippen molar-refractivity contribution >= 4 is 21.4 Å². The third kappa shape index (κ3) is 5.20. The van der Waals surface area contributed by atoms with Gasteiger partial charge >= 0.3 is 0 Å². The van der Waals surface area contributed by atoms with Gasteiger partial charge in [-0.1, -0.05) is 29.8 Å². The first-order chi connectivity index (χ1) is 15.4. The molecule has 0 atom stereocenters. The van der Waals surface area contributed by atoms with Crippen molar-refractivity contribution in [2.24, 2.45) is 0 Å². The van der Waals surface area contributed by atoms with Crippen LogP contribution in [-0.2, 0) is 14.6 Å². The summed E-state index contributed by atoms with van der Waals surface area (Å²) in [6, 6.07) is 19.0. The van der Waals surface area contributed by atoms with E-state index in [2.05, 4.69) is 5.32 Å². The van der Waals surface area contributed by atoms with Gasteiger partial charge in [0.15, 0.2) is 27.1 Å². The molecular formula is C24H23NO6S. The Kier molecular flexibility index (Phi) is 6.32. The van der Waals surface area contributed by atoms with Gasteiger partial charge in [-0.2, -0.15) is 0 Å². The average molecular weight is 454 g/mol. The average Bonchev–Trinajstić information content (AvgIpc) is 2.80. The van der Waals surface area contributed by atoms with Gasteiger partial charge in [-0.05, 0) is 43.3 Å². The minimum Gasteiger partial charge on any atom is -0.486 e. The van der Waals surface area contributed by atoms with Crippen LogP contribution in [0.2, 0.25) is 0 Å². The van der Waals surface area contributed by atoms with Crippen LogP contribution in [0.5, 0.6) is 23.0 Å². The van der Waals surface area contributed by atoms with E-state index in [1.54, 1.807) is 30.3 Å². The number of para-hydroxylation sites is 2. The summed E-state index contributed by atoms with van der Waals surface area (Å²) < 4.78 is 42.2. The second kappa shape index (κ2) is 9.32. The molecule has 0 unspecified atom stereocenters. The number of amides is 1. The van der Waals surface area contributed by atoms with Gasteiger partial charge in [0.1, 0.15) is 19.0 Å². The zero-order valence-corrected chi connectivity index (χ0v) is 18.4. The number of benzene rings is 3. The molecular weight excluding hydrogens is 430 g/mol. The molecule has 1 N–H and O–H groups in total. The van der Waals surface area contributed by atoms with Crippen molar-refractivity contribution in [3.8, 4) is 23.0 Å². The minimum atomic E-state index is -3.67. The largest absolute Gasteiger partial charge is 0.486 e. The molecule has 0 saturated carbocycles. The number of carbonyl (C=O) groups excluding carboxylic acids is 1. The van der Waals surface area contributed by atoms with Gasteiger partial charge in [0.25, 0.3) is 0 Å². The quantitative estimate of drug-likeness (QED) is 0.572. The first-order valence-electron chi connectivity index (χ1n) is 10.2. The smallest absolute Gasteiger partial charge is 0.225 e. The highest BCUT2D eigenvalue weighted by Crippen LogP contribution is 2.33. The van der Waals surface area contributed by atoms with Gasteiger partial charge in [-0.25, -0.2) is 8.42 Å². The Morgan fingerprint density at radius 3 is 2.47 bits per heavy atom. The molecule has 0 aliphatic carbocycles. The molecule has 3 aromatic rings. The summed E-state index contributed by atoms with van der Waals surface area (Å²) in [4.78, 5) is 12.6. The molecule has 4 rings (SSSR count).